The Morgan fingerprint density at radius 1 is 1.14 bits per heavy atom. The highest BCUT2D eigenvalue weighted by Gasteiger charge is 2.21. The Balaban J connectivity index is 1.75. The monoisotopic (exact) mass is 478 g/mol. The van der Waals surface area contributed by atoms with E-state index in [1.54, 1.807) is 29.2 Å². The Morgan fingerprint density at radius 2 is 1.94 bits per heavy atom. The maximum atomic E-state index is 15.2. The molecule has 7 nitrogen and oxygen atoms in total. The number of benzene rings is 1. The second-order valence-corrected chi connectivity index (χ2v) is 9.00. The molecular weight excluding hydrogens is 450 g/mol. The Hall–Kier alpha value is -3.62. The first-order valence-electron chi connectivity index (χ1n) is 11.9. The summed E-state index contributed by atoms with van der Waals surface area (Å²) in [7, 11) is 3.21. The molecule has 1 aliphatic rings. The second kappa shape index (κ2) is 9.56. The fraction of sp³-hybridized carbons (Fsp3) is 0.385. The molecule has 0 amide bonds. The van der Waals surface area contributed by atoms with Gasteiger partial charge in [0.05, 0.1) is 25.2 Å². The van der Waals surface area contributed by atoms with Gasteiger partial charge in [0.1, 0.15) is 16.7 Å². The van der Waals surface area contributed by atoms with Gasteiger partial charge in [0.2, 0.25) is 0 Å². The molecule has 35 heavy (non-hydrogen) atoms. The van der Waals surface area contributed by atoms with Gasteiger partial charge in [-0.05, 0) is 48.9 Å². The third kappa shape index (κ3) is 4.42. The van der Waals surface area contributed by atoms with Crippen molar-refractivity contribution in [1.82, 2.24) is 24.3 Å². The van der Waals surface area contributed by atoms with Crippen molar-refractivity contribution >= 4 is 16.9 Å². The highest BCUT2D eigenvalue weighted by molar-refractivity contribution is 5.73. The van der Waals surface area contributed by atoms with Crippen molar-refractivity contribution in [2.75, 3.05) is 7.11 Å². The van der Waals surface area contributed by atoms with E-state index in [2.05, 4.69) is 15.1 Å². The van der Waals surface area contributed by atoms with E-state index in [9.17, 15) is 0 Å². The van der Waals surface area contributed by atoms with Gasteiger partial charge in [-0.15, -0.1) is 0 Å². The quantitative estimate of drug-likeness (QED) is 0.386. The molecule has 9 heteroatoms. The third-order valence-corrected chi connectivity index (χ3v) is 6.67. The number of ether oxygens (including phenoxy) is 1. The lowest BCUT2D eigenvalue weighted by molar-refractivity contribution is 0.383. The molecule has 0 unspecified atom stereocenters. The van der Waals surface area contributed by atoms with Crippen molar-refractivity contribution in [2.24, 2.45) is 18.0 Å². The van der Waals surface area contributed by atoms with Gasteiger partial charge >= 0.3 is 0 Å². The minimum atomic E-state index is -0.815. The van der Waals surface area contributed by atoms with E-state index in [0.717, 1.165) is 18.4 Å². The predicted octanol–water partition coefficient (Wildman–Crippen LogP) is 5.10. The van der Waals surface area contributed by atoms with Crippen LogP contribution in [0, 0.1) is 17.6 Å². The molecule has 3 aromatic heterocycles. The smallest absolute Gasteiger partial charge is 0.193 e. The molecule has 1 fully saturated rings. The molecule has 0 N–H and O–H groups in total. The van der Waals surface area contributed by atoms with Crippen molar-refractivity contribution in [3.8, 4) is 17.0 Å². The van der Waals surface area contributed by atoms with Crippen molar-refractivity contribution in [3.05, 3.63) is 59.5 Å². The summed E-state index contributed by atoms with van der Waals surface area (Å²) in [6, 6.07) is 4.93. The minimum absolute atomic E-state index is 0.0243. The summed E-state index contributed by atoms with van der Waals surface area (Å²) in [6.07, 6.45) is 10.3. The molecule has 0 bridgehead atoms. The van der Waals surface area contributed by atoms with E-state index < -0.39 is 11.6 Å². The van der Waals surface area contributed by atoms with E-state index in [4.69, 9.17) is 9.72 Å². The lowest BCUT2D eigenvalue weighted by atomic mass is 10.1. The molecule has 4 aromatic rings. The normalized spacial score (nSPS) is 14.8. The summed E-state index contributed by atoms with van der Waals surface area (Å²) in [4.78, 5) is 14.0. The summed E-state index contributed by atoms with van der Waals surface area (Å²) in [5.74, 6) is -1.07. The molecule has 1 aromatic carbocycles. The summed E-state index contributed by atoms with van der Waals surface area (Å²) in [6.45, 7) is 2.46. The number of aryl methyl sites for hydroxylation is 2. The molecule has 0 spiro atoms. The van der Waals surface area contributed by atoms with Crippen LogP contribution < -0.4 is 10.2 Å². The largest absolute Gasteiger partial charge is 0.494 e. The summed E-state index contributed by atoms with van der Waals surface area (Å²) >= 11 is 0. The molecule has 1 aliphatic carbocycles. The number of methoxy groups -OCH3 is 1. The SMILES string of the molecule is CCc1cc(OC)c(F)c(N=c2ccc3ncc(-c4cnn(C)c4)nc3n2CC2CCCC2)c1F. The first-order valence-corrected chi connectivity index (χ1v) is 11.9. The molecule has 0 radical (unpaired) electrons. The van der Waals surface area contributed by atoms with Crippen LogP contribution in [0.3, 0.4) is 0 Å². The van der Waals surface area contributed by atoms with Gasteiger partial charge in [-0.1, -0.05) is 19.8 Å². The molecule has 0 saturated heterocycles. The van der Waals surface area contributed by atoms with Crippen LogP contribution in [-0.4, -0.2) is 31.4 Å². The standard InChI is InChI=1S/C26H28F2N6O/c1-4-17-11-21(35-3)24(28)25(23(17)27)32-22-10-9-19-26(34(22)14-16-7-5-6-8-16)31-20(13-29-19)18-12-30-33(2)15-18/h9-13,15-16H,4-8,14H2,1-3H3. The summed E-state index contributed by atoms with van der Waals surface area (Å²) in [5, 5.41) is 4.23. The number of hydrogen-bond donors (Lipinski definition) is 0. The van der Waals surface area contributed by atoms with E-state index in [1.807, 2.05) is 24.7 Å². The van der Waals surface area contributed by atoms with Crippen LogP contribution in [0.5, 0.6) is 5.75 Å². The number of halogens is 2. The van der Waals surface area contributed by atoms with E-state index in [1.165, 1.54) is 26.0 Å². The number of fused-ring (bicyclic) bond motifs is 1. The lowest BCUT2D eigenvalue weighted by Gasteiger charge is -2.16. The zero-order valence-corrected chi connectivity index (χ0v) is 20.1. The van der Waals surface area contributed by atoms with Crippen LogP contribution in [0.25, 0.3) is 22.4 Å². The van der Waals surface area contributed by atoms with Gasteiger partial charge < -0.3 is 9.30 Å². The van der Waals surface area contributed by atoms with Crippen LogP contribution in [0.15, 0.2) is 41.8 Å². The average Bonchev–Trinajstić information content (AvgIpc) is 3.54. The van der Waals surface area contributed by atoms with Gasteiger partial charge in [0.25, 0.3) is 0 Å². The van der Waals surface area contributed by atoms with Crippen LogP contribution in [-0.2, 0) is 20.0 Å². The average molecular weight is 479 g/mol. The minimum Gasteiger partial charge on any atom is -0.494 e. The second-order valence-electron chi connectivity index (χ2n) is 9.00. The first-order chi connectivity index (χ1) is 17.0. The van der Waals surface area contributed by atoms with E-state index >= 15 is 8.78 Å². The number of pyridine rings is 1. The Morgan fingerprint density at radius 3 is 2.63 bits per heavy atom. The summed E-state index contributed by atoms with van der Waals surface area (Å²) in [5.41, 5.74) is 3.26. The molecule has 0 atom stereocenters. The van der Waals surface area contributed by atoms with Crippen LogP contribution in [0.2, 0.25) is 0 Å². The van der Waals surface area contributed by atoms with Gasteiger partial charge in [-0.25, -0.2) is 18.8 Å². The summed E-state index contributed by atoms with van der Waals surface area (Å²) < 4.78 is 39.2. The van der Waals surface area contributed by atoms with E-state index in [0.29, 0.717) is 46.8 Å². The maximum Gasteiger partial charge on any atom is 0.193 e. The maximum absolute atomic E-state index is 15.2. The zero-order valence-electron chi connectivity index (χ0n) is 20.1. The Labute approximate surface area is 202 Å². The zero-order chi connectivity index (χ0) is 24.5. The Bertz CT molecular complexity index is 1420. The highest BCUT2D eigenvalue weighted by Crippen LogP contribution is 2.33. The van der Waals surface area contributed by atoms with E-state index in [-0.39, 0.29) is 11.4 Å². The van der Waals surface area contributed by atoms with Crippen molar-refractivity contribution in [3.63, 3.8) is 0 Å². The van der Waals surface area contributed by atoms with Crippen LogP contribution in [0.1, 0.15) is 38.2 Å². The number of aromatic nitrogens is 5. The van der Waals surface area contributed by atoms with Gasteiger partial charge in [-0.3, -0.25) is 9.67 Å². The van der Waals surface area contributed by atoms with Crippen molar-refractivity contribution in [2.45, 2.75) is 45.6 Å². The molecular formula is C26H28F2N6O. The molecule has 1 saturated carbocycles. The van der Waals surface area contributed by atoms with Crippen molar-refractivity contribution < 1.29 is 13.5 Å². The number of nitrogens with zero attached hydrogens (tertiary/aromatic N) is 6. The fourth-order valence-electron chi connectivity index (χ4n) is 4.75. The topological polar surface area (TPSA) is 70.1 Å². The molecule has 3 heterocycles. The van der Waals surface area contributed by atoms with Gasteiger partial charge in [0.15, 0.2) is 23.0 Å². The van der Waals surface area contributed by atoms with Gasteiger partial charge in [-0.2, -0.15) is 5.10 Å². The first kappa shape index (κ1) is 23.1. The van der Waals surface area contributed by atoms with Crippen LogP contribution >= 0.6 is 0 Å². The lowest BCUT2D eigenvalue weighted by Crippen LogP contribution is -2.25. The molecule has 182 valence electrons. The van der Waals surface area contributed by atoms with Crippen LogP contribution in [0.4, 0.5) is 14.5 Å². The number of hydrogen-bond acceptors (Lipinski definition) is 5. The Kier molecular flexibility index (Phi) is 6.32. The predicted molar refractivity (Wildman–Crippen MR) is 129 cm³/mol. The van der Waals surface area contributed by atoms with Gasteiger partial charge in [0, 0.05) is 25.4 Å². The molecule has 0 aliphatic heterocycles. The third-order valence-electron chi connectivity index (χ3n) is 6.67. The highest BCUT2D eigenvalue weighted by atomic mass is 19.1. The van der Waals surface area contributed by atoms with Crippen molar-refractivity contribution in [1.29, 1.82) is 0 Å². The fourth-order valence-corrected chi connectivity index (χ4v) is 4.75. The molecule has 5 rings (SSSR count). The number of rotatable bonds is 6.